The van der Waals surface area contributed by atoms with Crippen LogP contribution < -0.4 is 5.32 Å². The summed E-state index contributed by atoms with van der Waals surface area (Å²) in [6.45, 7) is 9.93. The highest BCUT2D eigenvalue weighted by Crippen LogP contribution is 2.21. The van der Waals surface area contributed by atoms with E-state index in [4.69, 9.17) is 0 Å². The van der Waals surface area contributed by atoms with E-state index < -0.39 is 0 Å². The summed E-state index contributed by atoms with van der Waals surface area (Å²) in [5.74, 6) is 1.12. The molecule has 0 bridgehead atoms. The van der Waals surface area contributed by atoms with Gasteiger partial charge < -0.3 is 5.32 Å². The first-order valence-electron chi connectivity index (χ1n) is 5.73. The zero-order valence-electron chi connectivity index (χ0n) is 10.5. The lowest BCUT2D eigenvalue weighted by atomic mass is 9.93. The Morgan fingerprint density at radius 3 is 2.47 bits per heavy atom. The van der Waals surface area contributed by atoms with Crippen molar-refractivity contribution in [3.05, 3.63) is 18.0 Å². The fraction of sp³-hybridized carbons (Fsp3) is 0.750. The molecule has 86 valence electrons. The van der Waals surface area contributed by atoms with Gasteiger partial charge in [0.15, 0.2) is 0 Å². The molecule has 0 amide bonds. The molecule has 0 fully saturated rings. The highest BCUT2D eigenvalue weighted by Gasteiger charge is 2.16. The number of hydrogen-bond donors (Lipinski definition) is 1. The number of aromatic nitrogens is 2. The molecule has 0 saturated carbocycles. The minimum absolute atomic E-state index is 0.512. The van der Waals surface area contributed by atoms with Gasteiger partial charge in [-0.3, -0.25) is 4.68 Å². The SMILES string of the molecule is CC(C)NCC(C)C(C)c1ccn(C)n1. The van der Waals surface area contributed by atoms with Gasteiger partial charge in [0.1, 0.15) is 0 Å². The standard InChI is InChI=1S/C12H23N3/c1-9(2)13-8-10(3)11(4)12-6-7-15(5)14-12/h6-7,9-11,13H,8H2,1-5H3. The molecule has 3 nitrogen and oxygen atoms in total. The monoisotopic (exact) mass is 209 g/mol. The Bertz CT molecular complexity index is 291. The van der Waals surface area contributed by atoms with E-state index in [0.717, 1.165) is 6.54 Å². The van der Waals surface area contributed by atoms with Gasteiger partial charge in [-0.15, -0.1) is 0 Å². The highest BCUT2D eigenvalue weighted by molar-refractivity contribution is 5.06. The second kappa shape index (κ2) is 5.31. The predicted octanol–water partition coefficient (Wildman–Crippen LogP) is 2.16. The molecule has 1 N–H and O–H groups in total. The minimum atomic E-state index is 0.512. The summed E-state index contributed by atoms with van der Waals surface area (Å²) in [6.07, 6.45) is 2.01. The second-order valence-corrected chi connectivity index (χ2v) is 4.74. The smallest absolute Gasteiger partial charge is 0.0655 e. The van der Waals surface area contributed by atoms with Gasteiger partial charge in [0.25, 0.3) is 0 Å². The fourth-order valence-electron chi connectivity index (χ4n) is 1.57. The van der Waals surface area contributed by atoms with E-state index in [2.05, 4.69) is 44.2 Å². The van der Waals surface area contributed by atoms with E-state index in [0.29, 0.717) is 17.9 Å². The molecule has 1 aromatic rings. The van der Waals surface area contributed by atoms with E-state index in [1.807, 2.05) is 17.9 Å². The maximum Gasteiger partial charge on any atom is 0.0655 e. The largest absolute Gasteiger partial charge is 0.314 e. The lowest BCUT2D eigenvalue weighted by molar-refractivity contribution is 0.419. The van der Waals surface area contributed by atoms with Crippen molar-refractivity contribution in [1.29, 1.82) is 0 Å². The van der Waals surface area contributed by atoms with Crippen molar-refractivity contribution in [2.75, 3.05) is 6.54 Å². The molecule has 0 aliphatic heterocycles. The van der Waals surface area contributed by atoms with E-state index in [1.54, 1.807) is 0 Å². The first-order valence-corrected chi connectivity index (χ1v) is 5.73. The Balaban J connectivity index is 2.49. The van der Waals surface area contributed by atoms with Crippen molar-refractivity contribution in [2.24, 2.45) is 13.0 Å². The van der Waals surface area contributed by atoms with Crippen molar-refractivity contribution in [2.45, 2.75) is 39.7 Å². The first-order chi connectivity index (χ1) is 7.00. The van der Waals surface area contributed by atoms with Gasteiger partial charge in [0.05, 0.1) is 5.69 Å². The van der Waals surface area contributed by atoms with Crippen molar-refractivity contribution in [3.8, 4) is 0 Å². The van der Waals surface area contributed by atoms with Crippen LogP contribution in [-0.4, -0.2) is 22.4 Å². The van der Waals surface area contributed by atoms with Crippen LogP contribution in [0.2, 0.25) is 0 Å². The molecule has 3 heteroatoms. The Morgan fingerprint density at radius 2 is 2.00 bits per heavy atom. The van der Waals surface area contributed by atoms with Gasteiger partial charge in [0, 0.05) is 25.2 Å². The molecule has 15 heavy (non-hydrogen) atoms. The third-order valence-corrected chi connectivity index (χ3v) is 2.90. The summed E-state index contributed by atoms with van der Waals surface area (Å²) in [6, 6.07) is 2.67. The van der Waals surface area contributed by atoms with Crippen LogP contribution in [0.15, 0.2) is 12.3 Å². The third-order valence-electron chi connectivity index (χ3n) is 2.90. The van der Waals surface area contributed by atoms with Crippen molar-refractivity contribution < 1.29 is 0 Å². The van der Waals surface area contributed by atoms with Gasteiger partial charge in [-0.1, -0.05) is 27.7 Å². The summed E-state index contributed by atoms with van der Waals surface area (Å²) in [5.41, 5.74) is 1.19. The third kappa shape index (κ3) is 3.67. The predicted molar refractivity (Wildman–Crippen MR) is 63.9 cm³/mol. The van der Waals surface area contributed by atoms with E-state index >= 15 is 0 Å². The molecular formula is C12H23N3. The zero-order chi connectivity index (χ0) is 11.4. The van der Waals surface area contributed by atoms with Gasteiger partial charge in [-0.2, -0.15) is 5.10 Å². The molecule has 0 radical (unpaired) electrons. The number of nitrogens with zero attached hydrogens (tertiary/aromatic N) is 2. The maximum atomic E-state index is 4.45. The van der Waals surface area contributed by atoms with E-state index in [1.165, 1.54) is 5.69 Å². The molecule has 0 spiro atoms. The molecule has 1 heterocycles. The number of nitrogens with one attached hydrogen (secondary N) is 1. The molecule has 1 rings (SSSR count). The number of aryl methyl sites for hydroxylation is 1. The fourth-order valence-corrected chi connectivity index (χ4v) is 1.57. The molecule has 0 aliphatic rings. The summed E-state index contributed by atoms with van der Waals surface area (Å²) < 4.78 is 1.87. The van der Waals surface area contributed by atoms with Crippen molar-refractivity contribution in [1.82, 2.24) is 15.1 Å². The van der Waals surface area contributed by atoms with E-state index in [-0.39, 0.29) is 0 Å². The quantitative estimate of drug-likeness (QED) is 0.805. The topological polar surface area (TPSA) is 29.9 Å². The lowest BCUT2D eigenvalue weighted by Gasteiger charge is -2.20. The second-order valence-electron chi connectivity index (χ2n) is 4.74. The summed E-state index contributed by atoms with van der Waals surface area (Å²) in [7, 11) is 1.97. The van der Waals surface area contributed by atoms with Crippen LogP contribution in [0, 0.1) is 5.92 Å². The average molecular weight is 209 g/mol. The molecule has 1 aromatic heterocycles. The molecule has 0 aliphatic carbocycles. The van der Waals surface area contributed by atoms with Crippen LogP contribution in [0.5, 0.6) is 0 Å². The van der Waals surface area contributed by atoms with Gasteiger partial charge in [-0.05, 0) is 18.5 Å². The number of rotatable bonds is 5. The molecule has 2 atom stereocenters. The number of hydrogen-bond acceptors (Lipinski definition) is 2. The van der Waals surface area contributed by atoms with Crippen molar-refractivity contribution in [3.63, 3.8) is 0 Å². The molecule has 2 unspecified atom stereocenters. The van der Waals surface area contributed by atoms with Gasteiger partial charge in [0.2, 0.25) is 0 Å². The van der Waals surface area contributed by atoms with Crippen LogP contribution in [0.4, 0.5) is 0 Å². The maximum absolute atomic E-state index is 4.45. The Morgan fingerprint density at radius 1 is 1.33 bits per heavy atom. The zero-order valence-corrected chi connectivity index (χ0v) is 10.5. The highest BCUT2D eigenvalue weighted by atomic mass is 15.2. The average Bonchev–Trinajstić information content (AvgIpc) is 2.60. The van der Waals surface area contributed by atoms with Crippen LogP contribution >= 0.6 is 0 Å². The summed E-state index contributed by atoms with van der Waals surface area (Å²) in [5, 5.41) is 7.92. The first kappa shape index (κ1) is 12.2. The molecule has 0 saturated heterocycles. The Hall–Kier alpha value is -0.830. The normalized spacial score (nSPS) is 15.6. The van der Waals surface area contributed by atoms with E-state index in [9.17, 15) is 0 Å². The lowest BCUT2D eigenvalue weighted by Crippen LogP contribution is -2.30. The molecule has 0 aromatic carbocycles. The van der Waals surface area contributed by atoms with Gasteiger partial charge in [-0.25, -0.2) is 0 Å². The summed E-state index contributed by atoms with van der Waals surface area (Å²) >= 11 is 0. The van der Waals surface area contributed by atoms with Gasteiger partial charge >= 0.3 is 0 Å². The minimum Gasteiger partial charge on any atom is -0.314 e. The van der Waals surface area contributed by atoms with Crippen LogP contribution in [0.25, 0.3) is 0 Å². The van der Waals surface area contributed by atoms with Crippen LogP contribution in [0.3, 0.4) is 0 Å². The Kier molecular flexibility index (Phi) is 4.33. The van der Waals surface area contributed by atoms with Crippen molar-refractivity contribution >= 4 is 0 Å². The summed E-state index contributed by atoms with van der Waals surface area (Å²) in [4.78, 5) is 0. The molecular weight excluding hydrogens is 186 g/mol. The van der Waals surface area contributed by atoms with Crippen LogP contribution in [0.1, 0.15) is 39.3 Å². The Labute approximate surface area is 92.9 Å². The van der Waals surface area contributed by atoms with Crippen LogP contribution in [-0.2, 0) is 7.05 Å².